The molecule has 0 saturated carbocycles. The van der Waals surface area contributed by atoms with Gasteiger partial charge in [0.25, 0.3) is 0 Å². The van der Waals surface area contributed by atoms with Gasteiger partial charge in [0.1, 0.15) is 0 Å². The quantitative estimate of drug-likeness (QED) is 0.554. The zero-order valence-electron chi connectivity index (χ0n) is 10.3. The molecule has 0 N–H and O–H groups in total. The first kappa shape index (κ1) is 14.2. The lowest BCUT2D eigenvalue weighted by Gasteiger charge is -2.15. The molecule has 0 aliphatic rings. The monoisotopic (exact) mass is 255 g/mol. The van der Waals surface area contributed by atoms with Crippen molar-refractivity contribution in [3.8, 4) is 0 Å². The highest BCUT2D eigenvalue weighted by molar-refractivity contribution is 6.30. The Bertz CT molecular complexity index is 351. The number of nitrogens with zero attached hydrogens (tertiary/aromatic N) is 1. The Balaban J connectivity index is 2.40. The molecule has 94 valence electrons. The summed E-state index contributed by atoms with van der Waals surface area (Å²) in [6.07, 6.45) is 0.931. The summed E-state index contributed by atoms with van der Waals surface area (Å²) in [7, 11) is 3.61. The van der Waals surface area contributed by atoms with Gasteiger partial charge in [-0.05, 0) is 37.7 Å². The van der Waals surface area contributed by atoms with E-state index in [4.69, 9.17) is 16.3 Å². The van der Waals surface area contributed by atoms with Gasteiger partial charge in [-0.15, -0.1) is 0 Å². The second-order valence-electron chi connectivity index (χ2n) is 4.01. The van der Waals surface area contributed by atoms with Crippen LogP contribution in [-0.4, -0.2) is 44.5 Å². The van der Waals surface area contributed by atoms with Crippen molar-refractivity contribution in [1.82, 2.24) is 4.90 Å². The van der Waals surface area contributed by atoms with Gasteiger partial charge >= 0.3 is 0 Å². The molecule has 0 unspecified atom stereocenters. The first-order valence-corrected chi connectivity index (χ1v) is 5.97. The maximum absolute atomic E-state index is 11.9. The van der Waals surface area contributed by atoms with E-state index in [2.05, 4.69) is 0 Å². The molecule has 1 rings (SSSR count). The highest BCUT2D eigenvalue weighted by atomic mass is 35.5. The highest BCUT2D eigenvalue weighted by Gasteiger charge is 2.08. The van der Waals surface area contributed by atoms with E-state index in [1.54, 1.807) is 31.4 Å². The molecule has 0 atom stereocenters. The first-order chi connectivity index (χ1) is 8.13. The zero-order valence-corrected chi connectivity index (χ0v) is 11.0. The molecule has 0 saturated heterocycles. The predicted molar refractivity (Wildman–Crippen MR) is 69.8 cm³/mol. The average molecular weight is 256 g/mol. The maximum atomic E-state index is 11.9. The molecule has 17 heavy (non-hydrogen) atoms. The van der Waals surface area contributed by atoms with Gasteiger partial charge < -0.3 is 4.74 Å². The summed E-state index contributed by atoms with van der Waals surface area (Å²) in [4.78, 5) is 13.9. The minimum absolute atomic E-state index is 0.113. The van der Waals surface area contributed by atoms with E-state index in [0.717, 1.165) is 19.6 Å². The number of Topliss-reactive ketones (excluding diaryl/α,β-unsaturated/α-hetero) is 1. The molecular formula is C13H18ClNO2. The van der Waals surface area contributed by atoms with E-state index < -0.39 is 0 Å². The van der Waals surface area contributed by atoms with Crippen LogP contribution in [0.1, 0.15) is 16.8 Å². The topological polar surface area (TPSA) is 29.5 Å². The van der Waals surface area contributed by atoms with Crippen LogP contribution in [-0.2, 0) is 4.74 Å². The summed E-state index contributed by atoms with van der Waals surface area (Å²) in [6, 6.07) is 6.99. The fourth-order valence-corrected chi connectivity index (χ4v) is 1.66. The number of carbonyl (C=O) groups is 1. The van der Waals surface area contributed by atoms with Gasteiger partial charge in [0.05, 0.1) is 6.54 Å². The molecule has 0 aliphatic heterocycles. The van der Waals surface area contributed by atoms with E-state index in [-0.39, 0.29) is 5.78 Å². The van der Waals surface area contributed by atoms with Gasteiger partial charge in [0.2, 0.25) is 0 Å². The third kappa shape index (κ3) is 5.31. The van der Waals surface area contributed by atoms with Crippen LogP contribution in [0.3, 0.4) is 0 Å². The second-order valence-corrected chi connectivity index (χ2v) is 4.45. The van der Waals surface area contributed by atoms with Crippen molar-refractivity contribution in [3.05, 3.63) is 34.9 Å². The van der Waals surface area contributed by atoms with Crippen molar-refractivity contribution >= 4 is 17.4 Å². The largest absolute Gasteiger partial charge is 0.385 e. The highest BCUT2D eigenvalue weighted by Crippen LogP contribution is 2.10. The van der Waals surface area contributed by atoms with Gasteiger partial charge in [0, 0.05) is 30.8 Å². The number of rotatable bonds is 7. The van der Waals surface area contributed by atoms with Crippen molar-refractivity contribution in [1.29, 1.82) is 0 Å². The number of methoxy groups -OCH3 is 1. The summed E-state index contributed by atoms with van der Waals surface area (Å²) < 4.78 is 4.97. The average Bonchev–Trinajstić information content (AvgIpc) is 2.30. The van der Waals surface area contributed by atoms with E-state index in [1.165, 1.54) is 0 Å². The molecule has 1 aromatic carbocycles. The normalized spacial score (nSPS) is 10.8. The molecule has 0 amide bonds. The summed E-state index contributed by atoms with van der Waals surface area (Å²) in [5, 5.41) is 0.648. The van der Waals surface area contributed by atoms with Gasteiger partial charge in [-0.1, -0.05) is 11.6 Å². The third-order valence-electron chi connectivity index (χ3n) is 2.47. The number of ether oxygens (including phenoxy) is 1. The lowest BCUT2D eigenvalue weighted by Crippen LogP contribution is -2.27. The van der Waals surface area contributed by atoms with Gasteiger partial charge in [-0.2, -0.15) is 0 Å². The molecule has 0 fully saturated rings. The Hall–Kier alpha value is -0.900. The van der Waals surface area contributed by atoms with Crippen LogP contribution in [0.5, 0.6) is 0 Å². The molecule has 0 radical (unpaired) electrons. The summed E-state index contributed by atoms with van der Waals surface area (Å²) >= 11 is 5.77. The van der Waals surface area contributed by atoms with E-state index >= 15 is 0 Å². The van der Waals surface area contributed by atoms with Crippen molar-refractivity contribution in [2.75, 3.05) is 33.9 Å². The lowest BCUT2D eigenvalue weighted by atomic mass is 10.1. The molecule has 0 aromatic heterocycles. The molecule has 3 nitrogen and oxygen atoms in total. The van der Waals surface area contributed by atoms with Crippen molar-refractivity contribution in [3.63, 3.8) is 0 Å². The van der Waals surface area contributed by atoms with Crippen LogP contribution in [0.2, 0.25) is 5.02 Å². The van der Waals surface area contributed by atoms with Crippen LogP contribution in [0.25, 0.3) is 0 Å². The lowest BCUT2D eigenvalue weighted by molar-refractivity contribution is 0.0938. The summed E-state index contributed by atoms with van der Waals surface area (Å²) in [6.45, 7) is 2.00. The van der Waals surface area contributed by atoms with E-state index in [0.29, 0.717) is 17.1 Å². The van der Waals surface area contributed by atoms with Gasteiger partial charge in [0.15, 0.2) is 5.78 Å². The summed E-state index contributed by atoms with van der Waals surface area (Å²) in [5.74, 6) is 0.113. The third-order valence-corrected chi connectivity index (χ3v) is 2.72. The Morgan fingerprint density at radius 1 is 1.35 bits per heavy atom. The molecular weight excluding hydrogens is 238 g/mol. The first-order valence-electron chi connectivity index (χ1n) is 5.59. The Labute approximate surface area is 107 Å². The van der Waals surface area contributed by atoms with Crippen LogP contribution < -0.4 is 0 Å². The number of ketones is 1. The van der Waals surface area contributed by atoms with Crippen LogP contribution >= 0.6 is 11.6 Å². The second kappa shape index (κ2) is 7.43. The van der Waals surface area contributed by atoms with Crippen LogP contribution in [0.15, 0.2) is 24.3 Å². The number of likely N-dealkylation sites (N-methyl/N-ethyl adjacent to an activating group) is 1. The number of hydrogen-bond donors (Lipinski definition) is 0. The number of halogens is 1. The van der Waals surface area contributed by atoms with Gasteiger partial charge in [-0.25, -0.2) is 0 Å². The zero-order chi connectivity index (χ0) is 12.7. The fraction of sp³-hybridized carbons (Fsp3) is 0.462. The molecule has 0 heterocycles. The fourth-order valence-electron chi connectivity index (χ4n) is 1.53. The molecule has 0 bridgehead atoms. The van der Waals surface area contributed by atoms with Crippen LogP contribution in [0.4, 0.5) is 0 Å². The van der Waals surface area contributed by atoms with Crippen molar-refractivity contribution in [2.45, 2.75) is 6.42 Å². The molecule has 4 heteroatoms. The van der Waals surface area contributed by atoms with Gasteiger partial charge in [-0.3, -0.25) is 9.69 Å². The molecule has 1 aromatic rings. The SMILES string of the molecule is COCCCN(C)CC(=O)c1ccc(Cl)cc1. The maximum Gasteiger partial charge on any atom is 0.176 e. The molecule has 0 aliphatic carbocycles. The standard InChI is InChI=1S/C13H18ClNO2/c1-15(8-3-9-17-2)10-13(16)11-4-6-12(14)7-5-11/h4-7H,3,8-10H2,1-2H3. The number of carbonyl (C=O) groups excluding carboxylic acids is 1. The number of benzene rings is 1. The Kier molecular flexibility index (Phi) is 6.19. The number of hydrogen-bond acceptors (Lipinski definition) is 3. The smallest absolute Gasteiger partial charge is 0.176 e. The van der Waals surface area contributed by atoms with E-state index in [9.17, 15) is 4.79 Å². The van der Waals surface area contributed by atoms with E-state index in [1.807, 2.05) is 11.9 Å². The predicted octanol–water partition coefficient (Wildman–Crippen LogP) is 2.49. The minimum atomic E-state index is 0.113. The minimum Gasteiger partial charge on any atom is -0.385 e. The van der Waals surface area contributed by atoms with Crippen molar-refractivity contribution in [2.24, 2.45) is 0 Å². The Morgan fingerprint density at radius 3 is 2.59 bits per heavy atom. The van der Waals surface area contributed by atoms with Crippen LogP contribution in [0, 0.1) is 0 Å². The molecule has 0 spiro atoms. The van der Waals surface area contributed by atoms with Crippen molar-refractivity contribution < 1.29 is 9.53 Å². The Morgan fingerprint density at radius 2 is 2.00 bits per heavy atom. The summed E-state index contributed by atoms with van der Waals surface area (Å²) in [5.41, 5.74) is 0.702.